The van der Waals surface area contributed by atoms with Gasteiger partial charge in [-0.05, 0) is 66.6 Å². The van der Waals surface area contributed by atoms with Crippen molar-refractivity contribution in [1.29, 1.82) is 0 Å². The highest BCUT2D eigenvalue weighted by atomic mass is 79.9. The molecule has 5 nitrogen and oxygen atoms in total. The Labute approximate surface area is 156 Å². The first-order valence-corrected chi connectivity index (χ1v) is 11.4. The first-order valence-electron chi connectivity index (χ1n) is 8.33. The van der Waals surface area contributed by atoms with Gasteiger partial charge in [0, 0.05) is 26.2 Å². The van der Waals surface area contributed by atoms with Crippen molar-refractivity contribution in [2.24, 2.45) is 11.8 Å². The lowest BCUT2D eigenvalue weighted by molar-refractivity contribution is -0.137. The second kappa shape index (κ2) is 7.05. The Balaban J connectivity index is 1.70. The molecule has 0 spiro atoms. The van der Waals surface area contributed by atoms with Crippen LogP contribution < -0.4 is 0 Å². The van der Waals surface area contributed by atoms with Crippen LogP contribution in [-0.4, -0.2) is 49.7 Å². The standard InChI is InChI=1S/C16H23BrN2O3S2/c1-11(12-5-6-12)18(2)16(20)13-4-3-9-19(10-13)24(21,22)15-8-7-14(17)23-15/h7-8,11-13H,3-6,9-10H2,1-2H3/t11-,13-/m0/s1. The van der Waals surface area contributed by atoms with E-state index < -0.39 is 10.0 Å². The molecule has 2 heterocycles. The van der Waals surface area contributed by atoms with E-state index >= 15 is 0 Å². The Morgan fingerprint density at radius 3 is 2.67 bits per heavy atom. The van der Waals surface area contributed by atoms with E-state index in [2.05, 4.69) is 22.9 Å². The summed E-state index contributed by atoms with van der Waals surface area (Å²) in [5, 5.41) is 0. The van der Waals surface area contributed by atoms with Crippen LogP contribution in [0.15, 0.2) is 20.1 Å². The van der Waals surface area contributed by atoms with Gasteiger partial charge in [0.05, 0.1) is 9.70 Å². The summed E-state index contributed by atoms with van der Waals surface area (Å²) in [6.07, 6.45) is 3.88. The second-order valence-corrected chi connectivity index (χ2v) is 11.4. The van der Waals surface area contributed by atoms with Crippen LogP contribution in [0.4, 0.5) is 0 Å². The van der Waals surface area contributed by atoms with Crippen LogP contribution >= 0.6 is 27.3 Å². The van der Waals surface area contributed by atoms with Crippen LogP contribution in [0.1, 0.15) is 32.6 Å². The van der Waals surface area contributed by atoms with E-state index in [-0.39, 0.29) is 17.9 Å². The molecule has 0 N–H and O–H groups in total. The monoisotopic (exact) mass is 434 g/mol. The highest BCUT2D eigenvalue weighted by molar-refractivity contribution is 9.11. The SMILES string of the molecule is C[C@@H](C1CC1)N(C)C(=O)[C@H]1CCCN(S(=O)(=O)c2ccc(Br)s2)C1. The van der Waals surface area contributed by atoms with E-state index in [9.17, 15) is 13.2 Å². The van der Waals surface area contributed by atoms with E-state index in [1.807, 2.05) is 11.9 Å². The summed E-state index contributed by atoms with van der Waals surface area (Å²) < 4.78 is 28.2. The van der Waals surface area contributed by atoms with Gasteiger partial charge in [-0.1, -0.05) is 0 Å². The number of amides is 1. The maximum absolute atomic E-state index is 12.8. The fraction of sp³-hybridized carbons (Fsp3) is 0.688. The average molecular weight is 435 g/mol. The van der Waals surface area contributed by atoms with Crippen LogP contribution in [0.2, 0.25) is 0 Å². The molecule has 0 bridgehead atoms. The third-order valence-corrected chi connectivity index (χ3v) is 9.10. The van der Waals surface area contributed by atoms with Crippen molar-refractivity contribution >= 4 is 43.2 Å². The smallest absolute Gasteiger partial charge is 0.252 e. The molecule has 1 aliphatic heterocycles. The molecule has 1 aromatic heterocycles. The van der Waals surface area contributed by atoms with Crippen LogP contribution in [0, 0.1) is 11.8 Å². The summed E-state index contributed by atoms with van der Waals surface area (Å²) in [5.74, 6) is 0.468. The van der Waals surface area contributed by atoms with E-state index in [1.165, 1.54) is 28.5 Å². The van der Waals surface area contributed by atoms with E-state index in [4.69, 9.17) is 0 Å². The Kier molecular flexibility index (Phi) is 5.39. The van der Waals surface area contributed by atoms with Crippen LogP contribution in [0.25, 0.3) is 0 Å². The maximum Gasteiger partial charge on any atom is 0.252 e. The number of rotatable bonds is 5. The van der Waals surface area contributed by atoms with Crippen molar-refractivity contribution in [3.63, 3.8) is 0 Å². The van der Waals surface area contributed by atoms with Crippen molar-refractivity contribution in [3.8, 4) is 0 Å². The summed E-state index contributed by atoms with van der Waals surface area (Å²) in [6, 6.07) is 3.62. The van der Waals surface area contributed by atoms with E-state index in [1.54, 1.807) is 12.1 Å². The Morgan fingerprint density at radius 2 is 2.08 bits per heavy atom. The maximum atomic E-state index is 12.8. The molecule has 0 radical (unpaired) electrons. The fourth-order valence-corrected chi connectivity index (χ4v) is 7.00. The first-order chi connectivity index (χ1) is 11.3. The van der Waals surface area contributed by atoms with Crippen molar-refractivity contribution in [2.75, 3.05) is 20.1 Å². The Hall–Kier alpha value is -0.440. The van der Waals surface area contributed by atoms with E-state index in [0.717, 1.165) is 16.6 Å². The van der Waals surface area contributed by atoms with Gasteiger partial charge in [-0.3, -0.25) is 4.79 Å². The van der Waals surface area contributed by atoms with Gasteiger partial charge in [-0.2, -0.15) is 4.31 Å². The van der Waals surface area contributed by atoms with Crippen LogP contribution in [0.3, 0.4) is 0 Å². The molecule has 2 aliphatic rings. The highest BCUT2D eigenvalue weighted by Gasteiger charge is 2.38. The lowest BCUT2D eigenvalue weighted by atomic mass is 9.97. The molecule has 1 saturated carbocycles. The molecule has 1 aliphatic carbocycles. The number of sulfonamides is 1. The van der Waals surface area contributed by atoms with E-state index in [0.29, 0.717) is 23.2 Å². The van der Waals surface area contributed by atoms with Gasteiger partial charge in [-0.25, -0.2) is 8.42 Å². The average Bonchev–Trinajstić information content (AvgIpc) is 3.33. The number of nitrogens with zero attached hydrogens (tertiary/aromatic N) is 2. The summed E-state index contributed by atoms with van der Waals surface area (Å²) in [6.45, 7) is 2.87. The molecule has 1 amide bonds. The van der Waals surface area contributed by atoms with Crippen molar-refractivity contribution in [1.82, 2.24) is 9.21 Å². The minimum atomic E-state index is -3.51. The first kappa shape index (κ1) is 18.4. The summed E-state index contributed by atoms with van der Waals surface area (Å²) in [4.78, 5) is 14.6. The third-order valence-electron chi connectivity index (χ3n) is 5.14. The minimum absolute atomic E-state index is 0.0849. The molecule has 0 unspecified atom stereocenters. The Bertz CT molecular complexity index is 715. The molecule has 134 valence electrons. The molecule has 24 heavy (non-hydrogen) atoms. The van der Waals surface area contributed by atoms with Crippen molar-refractivity contribution in [2.45, 2.75) is 42.9 Å². The Morgan fingerprint density at radius 1 is 1.38 bits per heavy atom. The van der Waals surface area contributed by atoms with Gasteiger partial charge in [0.1, 0.15) is 4.21 Å². The molecule has 3 rings (SSSR count). The largest absolute Gasteiger partial charge is 0.342 e. The number of carbonyl (C=O) groups is 1. The molecule has 0 aromatic carbocycles. The predicted molar refractivity (Wildman–Crippen MR) is 98.5 cm³/mol. The van der Waals surface area contributed by atoms with Gasteiger partial charge in [-0.15, -0.1) is 11.3 Å². The molecule has 8 heteroatoms. The van der Waals surface area contributed by atoms with Gasteiger partial charge < -0.3 is 4.90 Å². The lowest BCUT2D eigenvalue weighted by Crippen LogP contribution is -2.48. The number of thiophene rings is 1. The molecule has 2 atom stereocenters. The van der Waals surface area contributed by atoms with Gasteiger partial charge in [0.25, 0.3) is 10.0 Å². The van der Waals surface area contributed by atoms with Gasteiger partial charge in [0.15, 0.2) is 0 Å². The molecular weight excluding hydrogens is 412 g/mol. The number of carbonyl (C=O) groups excluding carboxylic acids is 1. The molecule has 1 saturated heterocycles. The zero-order chi connectivity index (χ0) is 17.5. The summed E-state index contributed by atoms with van der Waals surface area (Å²) in [5.41, 5.74) is 0. The molecule has 1 aromatic rings. The normalized spacial score (nSPS) is 23.9. The van der Waals surface area contributed by atoms with Crippen LogP contribution in [0.5, 0.6) is 0 Å². The lowest BCUT2D eigenvalue weighted by Gasteiger charge is -2.35. The number of hydrogen-bond acceptors (Lipinski definition) is 4. The van der Waals surface area contributed by atoms with Gasteiger partial charge >= 0.3 is 0 Å². The molecular formula is C16H23BrN2O3S2. The second-order valence-electron chi connectivity index (χ2n) is 6.79. The quantitative estimate of drug-likeness (QED) is 0.714. The van der Waals surface area contributed by atoms with Crippen molar-refractivity contribution in [3.05, 3.63) is 15.9 Å². The summed E-state index contributed by atoms with van der Waals surface area (Å²) >= 11 is 4.53. The third kappa shape index (κ3) is 3.71. The minimum Gasteiger partial charge on any atom is -0.342 e. The highest BCUT2D eigenvalue weighted by Crippen LogP contribution is 2.36. The van der Waals surface area contributed by atoms with Crippen LogP contribution in [-0.2, 0) is 14.8 Å². The number of halogens is 1. The van der Waals surface area contributed by atoms with Crippen molar-refractivity contribution < 1.29 is 13.2 Å². The number of hydrogen-bond donors (Lipinski definition) is 0. The van der Waals surface area contributed by atoms with Gasteiger partial charge in [0.2, 0.25) is 5.91 Å². The number of piperidine rings is 1. The predicted octanol–water partition coefficient (Wildman–Crippen LogP) is 3.17. The summed E-state index contributed by atoms with van der Waals surface area (Å²) in [7, 11) is -1.65. The zero-order valence-electron chi connectivity index (χ0n) is 13.9. The zero-order valence-corrected chi connectivity index (χ0v) is 17.2. The topological polar surface area (TPSA) is 57.7 Å². The molecule has 2 fully saturated rings. The fourth-order valence-electron chi connectivity index (χ4n) is 3.31.